The maximum absolute atomic E-state index is 12.5. The third kappa shape index (κ3) is 4.20. The number of primary amides is 1. The number of rotatable bonds is 7. The summed E-state index contributed by atoms with van der Waals surface area (Å²) in [6.45, 7) is 1.35. The minimum Gasteiger partial charge on any atom is -0.376 e. The van der Waals surface area contributed by atoms with Crippen molar-refractivity contribution in [2.75, 3.05) is 17.7 Å². The lowest BCUT2D eigenvalue weighted by Gasteiger charge is -2.11. The van der Waals surface area contributed by atoms with Gasteiger partial charge in [0.2, 0.25) is 11.1 Å². The molecule has 28 heavy (non-hydrogen) atoms. The number of thiophene rings is 1. The van der Waals surface area contributed by atoms with Gasteiger partial charge in [0.05, 0.1) is 24.0 Å². The van der Waals surface area contributed by atoms with Crippen LogP contribution >= 0.6 is 23.1 Å². The molecule has 0 radical (unpaired) electrons. The van der Waals surface area contributed by atoms with Crippen LogP contribution in [-0.2, 0) is 28.9 Å². The monoisotopic (exact) mass is 422 g/mol. The topological polar surface area (TPSA) is 125 Å². The zero-order valence-electron chi connectivity index (χ0n) is 15.3. The molecule has 3 heterocycles. The van der Waals surface area contributed by atoms with Gasteiger partial charge in [0.25, 0.3) is 5.91 Å². The number of fused-ring (bicyclic) bond motifs is 1. The number of aromatic nitrogens is 4. The van der Waals surface area contributed by atoms with Crippen LogP contribution in [0.25, 0.3) is 0 Å². The third-order valence-electron chi connectivity index (χ3n) is 4.90. The summed E-state index contributed by atoms with van der Waals surface area (Å²) in [7, 11) is 0. The summed E-state index contributed by atoms with van der Waals surface area (Å²) in [4.78, 5) is 25.5. The highest BCUT2D eigenvalue weighted by molar-refractivity contribution is 7.99. The van der Waals surface area contributed by atoms with E-state index in [4.69, 9.17) is 10.5 Å². The second-order valence-corrected chi connectivity index (χ2v) is 8.94. The van der Waals surface area contributed by atoms with Gasteiger partial charge in [0.15, 0.2) is 0 Å². The van der Waals surface area contributed by atoms with E-state index in [1.54, 1.807) is 4.68 Å². The fourth-order valence-electron chi connectivity index (χ4n) is 3.60. The van der Waals surface area contributed by atoms with Gasteiger partial charge in [-0.1, -0.05) is 11.8 Å². The van der Waals surface area contributed by atoms with E-state index in [9.17, 15) is 9.59 Å². The Morgan fingerprint density at radius 2 is 2.18 bits per heavy atom. The molecule has 0 saturated carbocycles. The SMILES string of the molecule is NC(=O)c1c(NC(=O)CSc2nnnn2CC2CCCO2)sc2c1CCCC2. The molecule has 2 aromatic heterocycles. The van der Waals surface area contributed by atoms with Crippen molar-refractivity contribution >= 4 is 39.9 Å². The van der Waals surface area contributed by atoms with Crippen LogP contribution in [0.15, 0.2) is 5.16 Å². The normalized spacial score (nSPS) is 18.8. The number of tetrazole rings is 1. The number of anilines is 1. The molecule has 9 nitrogen and oxygen atoms in total. The molecule has 11 heteroatoms. The standard InChI is InChI=1S/C17H22N6O3S2/c18-15(25)14-11-5-1-2-6-12(11)28-16(14)19-13(24)9-27-17-20-21-22-23(17)8-10-4-3-7-26-10/h10H,1-9H2,(H2,18,25)(H,19,24). The van der Waals surface area contributed by atoms with Crippen molar-refractivity contribution in [1.82, 2.24) is 20.2 Å². The van der Waals surface area contributed by atoms with Gasteiger partial charge in [-0.2, -0.15) is 0 Å². The minimum atomic E-state index is -0.483. The lowest BCUT2D eigenvalue weighted by molar-refractivity contribution is -0.113. The largest absolute Gasteiger partial charge is 0.376 e. The van der Waals surface area contributed by atoms with Crippen molar-refractivity contribution in [2.45, 2.75) is 56.3 Å². The molecule has 1 aliphatic heterocycles. The number of carbonyl (C=O) groups excluding carboxylic acids is 2. The molecular formula is C17H22N6O3S2. The van der Waals surface area contributed by atoms with Crippen molar-refractivity contribution < 1.29 is 14.3 Å². The average Bonchev–Trinajstić information content (AvgIpc) is 3.39. The Hall–Kier alpha value is -1.98. The molecule has 150 valence electrons. The van der Waals surface area contributed by atoms with Crippen molar-refractivity contribution in [3.63, 3.8) is 0 Å². The highest BCUT2D eigenvalue weighted by atomic mass is 32.2. The average molecular weight is 423 g/mol. The van der Waals surface area contributed by atoms with Crippen LogP contribution in [0.3, 0.4) is 0 Å². The number of carbonyl (C=O) groups is 2. The number of nitrogens with one attached hydrogen (secondary N) is 1. The molecule has 1 unspecified atom stereocenters. The number of aryl methyl sites for hydroxylation is 1. The van der Waals surface area contributed by atoms with Gasteiger partial charge in [-0.25, -0.2) is 4.68 Å². The van der Waals surface area contributed by atoms with Crippen molar-refractivity contribution in [3.05, 3.63) is 16.0 Å². The number of hydrogen-bond donors (Lipinski definition) is 2. The molecule has 2 aliphatic rings. The molecule has 4 rings (SSSR count). The fourth-order valence-corrected chi connectivity index (χ4v) is 5.60. The minimum absolute atomic E-state index is 0.118. The Morgan fingerprint density at radius 3 is 2.96 bits per heavy atom. The first kappa shape index (κ1) is 19.3. The van der Waals surface area contributed by atoms with Gasteiger partial charge in [-0.05, 0) is 54.5 Å². The second kappa shape index (κ2) is 8.58. The quantitative estimate of drug-likeness (QED) is 0.650. The Labute approximate surface area is 170 Å². The number of amides is 2. The van der Waals surface area contributed by atoms with Crippen molar-refractivity contribution in [3.8, 4) is 0 Å². The van der Waals surface area contributed by atoms with Crippen LogP contribution < -0.4 is 11.1 Å². The highest BCUT2D eigenvalue weighted by Gasteiger charge is 2.25. The number of nitrogens with two attached hydrogens (primary N) is 1. The van der Waals surface area contributed by atoms with Crippen LogP contribution in [0.1, 0.15) is 46.5 Å². The number of hydrogen-bond acceptors (Lipinski definition) is 8. The van der Waals surface area contributed by atoms with Crippen LogP contribution in [-0.4, -0.2) is 50.5 Å². The van der Waals surface area contributed by atoms with E-state index in [1.165, 1.54) is 23.1 Å². The van der Waals surface area contributed by atoms with E-state index in [0.29, 0.717) is 22.3 Å². The third-order valence-corrected chi connectivity index (χ3v) is 7.07. The molecule has 0 bridgehead atoms. The lowest BCUT2D eigenvalue weighted by atomic mass is 9.95. The van der Waals surface area contributed by atoms with E-state index >= 15 is 0 Å². The molecule has 1 aliphatic carbocycles. The Morgan fingerprint density at radius 1 is 1.32 bits per heavy atom. The molecule has 1 atom stereocenters. The molecule has 0 spiro atoms. The van der Waals surface area contributed by atoms with Gasteiger partial charge in [0.1, 0.15) is 5.00 Å². The van der Waals surface area contributed by atoms with E-state index in [2.05, 4.69) is 20.8 Å². The summed E-state index contributed by atoms with van der Waals surface area (Å²) in [6.07, 6.45) is 6.07. The number of ether oxygens (including phenoxy) is 1. The summed E-state index contributed by atoms with van der Waals surface area (Å²) < 4.78 is 7.29. The Balaban J connectivity index is 1.39. The summed E-state index contributed by atoms with van der Waals surface area (Å²) in [5.41, 5.74) is 7.06. The maximum Gasteiger partial charge on any atom is 0.251 e. The summed E-state index contributed by atoms with van der Waals surface area (Å²) in [5, 5.41) is 15.7. The summed E-state index contributed by atoms with van der Waals surface area (Å²) >= 11 is 2.72. The predicted octanol–water partition coefficient (Wildman–Crippen LogP) is 1.62. The second-order valence-electron chi connectivity index (χ2n) is 6.89. The van der Waals surface area contributed by atoms with E-state index in [-0.39, 0.29) is 17.8 Å². The van der Waals surface area contributed by atoms with Crippen LogP contribution in [0.2, 0.25) is 0 Å². The maximum atomic E-state index is 12.5. The Kier molecular flexibility index (Phi) is 5.93. The van der Waals surface area contributed by atoms with Gasteiger partial charge >= 0.3 is 0 Å². The first-order chi connectivity index (χ1) is 13.6. The van der Waals surface area contributed by atoms with E-state index in [0.717, 1.165) is 55.6 Å². The molecule has 0 aromatic carbocycles. The first-order valence-electron chi connectivity index (χ1n) is 9.36. The van der Waals surface area contributed by atoms with Gasteiger partial charge in [0, 0.05) is 11.5 Å². The zero-order valence-corrected chi connectivity index (χ0v) is 17.0. The molecule has 2 aromatic rings. The highest BCUT2D eigenvalue weighted by Crippen LogP contribution is 2.38. The van der Waals surface area contributed by atoms with E-state index in [1.807, 2.05) is 0 Å². The number of thioether (sulfide) groups is 1. The summed E-state index contributed by atoms with van der Waals surface area (Å²) in [6, 6.07) is 0. The lowest BCUT2D eigenvalue weighted by Crippen LogP contribution is -2.20. The molecule has 2 amide bonds. The van der Waals surface area contributed by atoms with Crippen LogP contribution in [0, 0.1) is 0 Å². The predicted molar refractivity (Wildman–Crippen MR) is 106 cm³/mol. The van der Waals surface area contributed by atoms with Gasteiger partial charge < -0.3 is 15.8 Å². The molecule has 3 N–H and O–H groups in total. The first-order valence-corrected chi connectivity index (χ1v) is 11.2. The van der Waals surface area contributed by atoms with Gasteiger partial charge in [-0.3, -0.25) is 9.59 Å². The van der Waals surface area contributed by atoms with Crippen molar-refractivity contribution in [1.29, 1.82) is 0 Å². The molecule has 1 saturated heterocycles. The Bertz CT molecular complexity index is 874. The van der Waals surface area contributed by atoms with Crippen LogP contribution in [0.5, 0.6) is 0 Å². The van der Waals surface area contributed by atoms with Gasteiger partial charge in [-0.15, -0.1) is 16.4 Å². The number of nitrogens with zero attached hydrogens (tertiary/aromatic N) is 4. The van der Waals surface area contributed by atoms with Crippen LogP contribution in [0.4, 0.5) is 5.00 Å². The molecule has 1 fully saturated rings. The summed E-state index contributed by atoms with van der Waals surface area (Å²) in [5.74, 6) is -0.548. The molecular weight excluding hydrogens is 400 g/mol. The zero-order chi connectivity index (χ0) is 19.5. The smallest absolute Gasteiger partial charge is 0.251 e. The fraction of sp³-hybridized carbons (Fsp3) is 0.588. The van der Waals surface area contributed by atoms with E-state index < -0.39 is 5.91 Å². The van der Waals surface area contributed by atoms with Crippen molar-refractivity contribution in [2.24, 2.45) is 5.73 Å².